The van der Waals surface area contributed by atoms with E-state index < -0.39 is 0 Å². The molecule has 2 aromatic carbocycles. The average Bonchev–Trinajstić information content (AvgIpc) is 2.59. The summed E-state index contributed by atoms with van der Waals surface area (Å²) in [4.78, 5) is 23.8. The predicted octanol–water partition coefficient (Wildman–Crippen LogP) is 3.70. The molecular weight excluding hydrogens is 320 g/mol. The fraction of sp³-hybridized carbons (Fsp3) is 0.158. The van der Waals surface area contributed by atoms with Gasteiger partial charge in [-0.05, 0) is 24.1 Å². The van der Waals surface area contributed by atoms with E-state index in [1.54, 1.807) is 0 Å². The number of amides is 2. The minimum Gasteiger partial charge on any atom is -0.369 e. The molecule has 0 aliphatic rings. The van der Waals surface area contributed by atoms with E-state index in [2.05, 4.69) is 5.32 Å². The lowest BCUT2D eigenvalue weighted by atomic mass is 10.2. The smallest absolute Gasteiger partial charge is 0.227 e. The zero-order valence-corrected chi connectivity index (χ0v) is 14.1. The van der Waals surface area contributed by atoms with Crippen LogP contribution in [0.2, 0.25) is 0 Å². The molecule has 0 bridgehead atoms. The van der Waals surface area contributed by atoms with Gasteiger partial charge in [-0.2, -0.15) is 0 Å². The van der Waals surface area contributed by atoms with Crippen molar-refractivity contribution >= 4 is 35.3 Å². The summed E-state index contributed by atoms with van der Waals surface area (Å²) in [6.07, 6.45) is 5.06. The molecule has 0 saturated carbocycles. The second kappa shape index (κ2) is 9.57. The third-order valence-corrected chi connectivity index (χ3v) is 4.27. The van der Waals surface area contributed by atoms with Gasteiger partial charge in [0.1, 0.15) is 0 Å². The first-order chi connectivity index (χ1) is 11.6. The van der Waals surface area contributed by atoms with Crippen LogP contribution in [-0.4, -0.2) is 17.6 Å². The van der Waals surface area contributed by atoms with Gasteiger partial charge in [0.25, 0.3) is 0 Å². The van der Waals surface area contributed by atoms with Crippen LogP contribution in [0.15, 0.2) is 65.6 Å². The third-order valence-electron chi connectivity index (χ3n) is 3.18. The topological polar surface area (TPSA) is 72.2 Å². The average molecular weight is 340 g/mol. The maximum atomic E-state index is 12.1. The number of nitrogens with one attached hydrogen (secondary N) is 1. The molecule has 0 atom stereocenters. The van der Waals surface area contributed by atoms with Gasteiger partial charge in [-0.25, -0.2) is 0 Å². The van der Waals surface area contributed by atoms with E-state index in [0.717, 1.165) is 10.5 Å². The summed E-state index contributed by atoms with van der Waals surface area (Å²) < 4.78 is 0. The van der Waals surface area contributed by atoms with Gasteiger partial charge in [-0.1, -0.05) is 54.6 Å². The summed E-state index contributed by atoms with van der Waals surface area (Å²) in [5.41, 5.74) is 6.99. The van der Waals surface area contributed by atoms with Crippen LogP contribution in [0.25, 0.3) is 6.08 Å². The number of allylic oxidation sites excluding steroid dienone is 1. The second-order valence-electron chi connectivity index (χ2n) is 5.15. The second-order valence-corrected chi connectivity index (χ2v) is 6.17. The lowest BCUT2D eigenvalue weighted by molar-refractivity contribution is -0.116. The molecule has 4 nitrogen and oxygen atoms in total. The van der Waals surface area contributed by atoms with Gasteiger partial charge in [0.2, 0.25) is 11.8 Å². The summed E-state index contributed by atoms with van der Waals surface area (Å²) in [6.45, 7) is 0. The standard InChI is InChI=1S/C19H20N2O2S/c20-18(22)14-24-17-12-6-5-11-16(17)21-19(23)13-7-4-10-15-8-2-1-3-9-15/h1-6,8-12H,7,13-14H2,(H2,20,22)(H,21,23)/b10-4-. The van der Waals surface area contributed by atoms with Crippen molar-refractivity contribution in [3.8, 4) is 0 Å². The monoisotopic (exact) mass is 340 g/mol. The first-order valence-electron chi connectivity index (χ1n) is 7.67. The molecule has 2 aromatic rings. The zero-order valence-electron chi connectivity index (χ0n) is 13.3. The van der Waals surface area contributed by atoms with Gasteiger partial charge >= 0.3 is 0 Å². The third kappa shape index (κ3) is 6.30. The lowest BCUT2D eigenvalue weighted by Crippen LogP contribution is -2.14. The first kappa shape index (κ1) is 17.8. The molecular formula is C19H20N2O2S. The molecule has 0 heterocycles. The van der Waals surface area contributed by atoms with Crippen molar-refractivity contribution in [2.45, 2.75) is 17.7 Å². The number of primary amides is 1. The summed E-state index contributed by atoms with van der Waals surface area (Å²) >= 11 is 1.32. The Labute approximate surface area is 146 Å². The van der Waals surface area contributed by atoms with Crippen LogP contribution in [0, 0.1) is 0 Å². The van der Waals surface area contributed by atoms with Crippen LogP contribution in [0.3, 0.4) is 0 Å². The highest BCUT2D eigenvalue weighted by molar-refractivity contribution is 8.00. The molecule has 24 heavy (non-hydrogen) atoms. The van der Waals surface area contributed by atoms with Gasteiger partial charge in [0, 0.05) is 11.3 Å². The van der Waals surface area contributed by atoms with Gasteiger partial charge in [-0.3, -0.25) is 9.59 Å². The molecule has 0 unspecified atom stereocenters. The van der Waals surface area contributed by atoms with Crippen LogP contribution in [-0.2, 0) is 9.59 Å². The van der Waals surface area contributed by atoms with Crippen molar-refractivity contribution in [1.82, 2.24) is 0 Å². The van der Waals surface area contributed by atoms with E-state index in [-0.39, 0.29) is 17.6 Å². The fourth-order valence-electron chi connectivity index (χ4n) is 2.06. The zero-order chi connectivity index (χ0) is 17.2. The van der Waals surface area contributed by atoms with Crippen molar-refractivity contribution in [3.63, 3.8) is 0 Å². The van der Waals surface area contributed by atoms with Gasteiger partial charge in [0.15, 0.2) is 0 Å². The molecule has 0 aliphatic heterocycles. The number of para-hydroxylation sites is 1. The molecule has 3 N–H and O–H groups in total. The Morgan fingerprint density at radius 3 is 2.50 bits per heavy atom. The fourth-order valence-corrected chi connectivity index (χ4v) is 2.80. The highest BCUT2D eigenvalue weighted by Crippen LogP contribution is 2.26. The molecule has 0 spiro atoms. The van der Waals surface area contributed by atoms with Crippen molar-refractivity contribution < 1.29 is 9.59 Å². The highest BCUT2D eigenvalue weighted by Gasteiger charge is 2.07. The molecule has 2 amide bonds. The lowest BCUT2D eigenvalue weighted by Gasteiger charge is -2.09. The van der Waals surface area contributed by atoms with E-state index >= 15 is 0 Å². The number of hydrogen-bond acceptors (Lipinski definition) is 3. The maximum absolute atomic E-state index is 12.1. The van der Waals surface area contributed by atoms with Crippen molar-refractivity contribution in [3.05, 3.63) is 66.2 Å². The number of anilines is 1. The summed E-state index contributed by atoms with van der Waals surface area (Å²) in [5, 5.41) is 2.89. The van der Waals surface area contributed by atoms with Crippen LogP contribution >= 0.6 is 11.8 Å². The summed E-state index contributed by atoms with van der Waals surface area (Å²) in [5.74, 6) is -0.251. The predicted molar refractivity (Wildman–Crippen MR) is 99.7 cm³/mol. The number of thioether (sulfide) groups is 1. The SMILES string of the molecule is NC(=O)CSc1ccccc1NC(=O)CC/C=C\c1ccccc1. The van der Waals surface area contributed by atoms with Crippen LogP contribution in [0.5, 0.6) is 0 Å². The van der Waals surface area contributed by atoms with E-state index in [1.807, 2.05) is 66.7 Å². The Morgan fingerprint density at radius 2 is 1.75 bits per heavy atom. The van der Waals surface area contributed by atoms with E-state index in [0.29, 0.717) is 18.5 Å². The van der Waals surface area contributed by atoms with E-state index in [1.165, 1.54) is 11.8 Å². The van der Waals surface area contributed by atoms with Crippen LogP contribution in [0.4, 0.5) is 5.69 Å². The summed E-state index contributed by atoms with van der Waals surface area (Å²) in [6, 6.07) is 17.4. The van der Waals surface area contributed by atoms with Gasteiger partial charge < -0.3 is 11.1 Å². The molecule has 0 aliphatic carbocycles. The largest absolute Gasteiger partial charge is 0.369 e. The van der Waals surface area contributed by atoms with Gasteiger partial charge in [0.05, 0.1) is 11.4 Å². The van der Waals surface area contributed by atoms with Crippen molar-refractivity contribution in [2.24, 2.45) is 5.73 Å². The quantitative estimate of drug-likeness (QED) is 0.720. The Kier molecular flexibility index (Phi) is 7.11. The number of carbonyl (C=O) groups is 2. The molecule has 0 radical (unpaired) electrons. The minimum absolute atomic E-state index is 0.0557. The molecule has 2 rings (SSSR count). The first-order valence-corrected chi connectivity index (χ1v) is 8.65. The Bertz CT molecular complexity index is 714. The Morgan fingerprint density at radius 1 is 1.04 bits per heavy atom. The molecule has 124 valence electrons. The maximum Gasteiger partial charge on any atom is 0.227 e. The minimum atomic E-state index is -0.382. The highest BCUT2D eigenvalue weighted by atomic mass is 32.2. The molecule has 0 saturated heterocycles. The summed E-state index contributed by atoms with van der Waals surface area (Å²) in [7, 11) is 0. The number of hydrogen-bond donors (Lipinski definition) is 2. The van der Waals surface area contributed by atoms with Crippen LogP contribution in [0.1, 0.15) is 18.4 Å². The van der Waals surface area contributed by atoms with E-state index in [9.17, 15) is 9.59 Å². The molecule has 0 fully saturated rings. The number of carbonyl (C=O) groups excluding carboxylic acids is 2. The van der Waals surface area contributed by atoms with Crippen LogP contribution < -0.4 is 11.1 Å². The Hall–Kier alpha value is -2.53. The van der Waals surface area contributed by atoms with Gasteiger partial charge in [-0.15, -0.1) is 11.8 Å². The number of rotatable bonds is 8. The normalized spacial score (nSPS) is 10.7. The molecule has 0 aromatic heterocycles. The van der Waals surface area contributed by atoms with Crippen molar-refractivity contribution in [1.29, 1.82) is 0 Å². The Balaban J connectivity index is 1.84. The number of nitrogens with two attached hydrogens (primary N) is 1. The van der Waals surface area contributed by atoms with Crippen molar-refractivity contribution in [2.75, 3.05) is 11.1 Å². The number of benzene rings is 2. The molecule has 5 heteroatoms. The van der Waals surface area contributed by atoms with E-state index in [4.69, 9.17) is 5.73 Å².